The van der Waals surface area contributed by atoms with Gasteiger partial charge in [0.2, 0.25) is 11.8 Å². The highest BCUT2D eigenvalue weighted by Gasteiger charge is 2.26. The topological polar surface area (TPSA) is 72.2 Å². The van der Waals surface area contributed by atoms with Gasteiger partial charge in [0.1, 0.15) is 5.54 Å². The maximum atomic E-state index is 11.7. The van der Waals surface area contributed by atoms with Crippen LogP contribution < -0.4 is 11.1 Å². The van der Waals surface area contributed by atoms with Gasteiger partial charge >= 0.3 is 0 Å². The summed E-state index contributed by atoms with van der Waals surface area (Å²) in [5.41, 5.74) is 5.00. The van der Waals surface area contributed by atoms with E-state index >= 15 is 0 Å². The zero-order valence-electron chi connectivity index (χ0n) is 9.86. The molecule has 1 aromatic rings. The van der Waals surface area contributed by atoms with E-state index in [1.165, 1.54) is 0 Å². The highest BCUT2D eigenvalue weighted by molar-refractivity contribution is 7.80. The van der Waals surface area contributed by atoms with Crippen molar-refractivity contribution in [3.05, 3.63) is 29.8 Å². The van der Waals surface area contributed by atoms with Crippen LogP contribution in [0.5, 0.6) is 0 Å². The zero-order valence-corrected chi connectivity index (χ0v) is 10.8. The van der Waals surface area contributed by atoms with E-state index in [1.807, 2.05) is 24.3 Å². The summed E-state index contributed by atoms with van der Waals surface area (Å²) in [6.07, 6.45) is 0.213. The van der Waals surface area contributed by atoms with E-state index in [0.29, 0.717) is 0 Å². The molecule has 0 saturated heterocycles. The molecule has 3 N–H and O–H groups in total. The summed E-state index contributed by atoms with van der Waals surface area (Å²) < 4.78 is 0. The number of nitrogens with two attached hydrogens (primary N) is 1. The molecule has 0 radical (unpaired) electrons. The summed E-state index contributed by atoms with van der Waals surface area (Å²) in [7, 11) is 0. The smallest absolute Gasteiger partial charge is 0.242 e. The van der Waals surface area contributed by atoms with Crippen LogP contribution in [0, 0.1) is 0 Å². The van der Waals surface area contributed by atoms with Crippen LogP contribution in [0.15, 0.2) is 29.2 Å². The second kappa shape index (κ2) is 5.23. The lowest BCUT2D eigenvalue weighted by Gasteiger charge is -2.22. The lowest BCUT2D eigenvalue weighted by Crippen LogP contribution is -2.53. The van der Waals surface area contributed by atoms with Crippen LogP contribution in [0.1, 0.15) is 19.4 Å². The minimum atomic E-state index is -1.03. The van der Waals surface area contributed by atoms with E-state index in [-0.39, 0.29) is 12.3 Å². The lowest BCUT2D eigenvalue weighted by atomic mass is 10.0. The van der Waals surface area contributed by atoms with Crippen LogP contribution >= 0.6 is 12.6 Å². The van der Waals surface area contributed by atoms with E-state index in [9.17, 15) is 9.59 Å². The number of rotatable bonds is 4. The molecule has 92 valence electrons. The van der Waals surface area contributed by atoms with Gasteiger partial charge in [-0.15, -0.1) is 12.6 Å². The standard InChI is InChI=1S/C12H16N2O2S/c1-12(2,11(13)16)14-10(15)7-8-3-5-9(17)6-4-8/h3-6,17H,7H2,1-2H3,(H2,13,16)(H,14,15). The molecule has 5 heteroatoms. The van der Waals surface area contributed by atoms with Crippen LogP contribution in [0.4, 0.5) is 0 Å². The predicted molar refractivity (Wildman–Crippen MR) is 68.8 cm³/mol. The fraction of sp³-hybridized carbons (Fsp3) is 0.333. The van der Waals surface area contributed by atoms with Crippen molar-refractivity contribution in [3.63, 3.8) is 0 Å². The van der Waals surface area contributed by atoms with Crippen molar-refractivity contribution < 1.29 is 9.59 Å². The van der Waals surface area contributed by atoms with Crippen molar-refractivity contribution in [1.29, 1.82) is 0 Å². The van der Waals surface area contributed by atoms with Crippen molar-refractivity contribution in [1.82, 2.24) is 5.32 Å². The number of benzene rings is 1. The number of nitrogens with one attached hydrogen (secondary N) is 1. The lowest BCUT2D eigenvalue weighted by molar-refractivity contribution is -0.130. The Morgan fingerprint density at radius 2 is 1.82 bits per heavy atom. The Labute approximate surface area is 106 Å². The Balaban J connectivity index is 2.62. The van der Waals surface area contributed by atoms with Gasteiger partial charge in [0.25, 0.3) is 0 Å². The van der Waals surface area contributed by atoms with Gasteiger partial charge < -0.3 is 11.1 Å². The Bertz CT molecular complexity index is 427. The molecule has 1 rings (SSSR count). The molecule has 0 saturated carbocycles. The number of hydrogen-bond donors (Lipinski definition) is 3. The third-order valence-corrected chi connectivity index (χ3v) is 2.67. The molecule has 0 bridgehead atoms. The second-order valence-electron chi connectivity index (χ2n) is 4.38. The predicted octanol–water partition coefficient (Wildman–Crippen LogP) is 0.898. The number of primary amides is 1. The molecule has 0 unspecified atom stereocenters. The van der Waals surface area contributed by atoms with Gasteiger partial charge in [-0.3, -0.25) is 9.59 Å². The molecule has 17 heavy (non-hydrogen) atoms. The Morgan fingerprint density at radius 3 is 2.29 bits per heavy atom. The first kappa shape index (κ1) is 13.6. The van der Waals surface area contributed by atoms with E-state index in [0.717, 1.165) is 10.5 Å². The van der Waals surface area contributed by atoms with E-state index in [2.05, 4.69) is 17.9 Å². The van der Waals surface area contributed by atoms with Gasteiger partial charge in [0, 0.05) is 4.90 Å². The summed E-state index contributed by atoms with van der Waals surface area (Å²) in [5, 5.41) is 2.59. The molecule has 0 spiro atoms. The highest BCUT2D eigenvalue weighted by Crippen LogP contribution is 2.09. The summed E-state index contributed by atoms with van der Waals surface area (Å²) in [6.45, 7) is 3.15. The maximum Gasteiger partial charge on any atom is 0.242 e. The van der Waals surface area contributed by atoms with Gasteiger partial charge in [-0.2, -0.15) is 0 Å². The van der Waals surface area contributed by atoms with Crippen LogP contribution in [-0.4, -0.2) is 17.4 Å². The fourth-order valence-electron chi connectivity index (χ4n) is 1.25. The van der Waals surface area contributed by atoms with E-state index < -0.39 is 11.4 Å². The van der Waals surface area contributed by atoms with Crippen molar-refractivity contribution in [2.45, 2.75) is 30.7 Å². The van der Waals surface area contributed by atoms with Crippen molar-refractivity contribution in [3.8, 4) is 0 Å². The largest absolute Gasteiger partial charge is 0.368 e. The van der Waals surface area contributed by atoms with Gasteiger partial charge in [-0.05, 0) is 31.5 Å². The molecule has 0 heterocycles. The minimum absolute atomic E-state index is 0.213. The van der Waals surface area contributed by atoms with E-state index in [1.54, 1.807) is 13.8 Å². The molecule has 0 aliphatic heterocycles. The van der Waals surface area contributed by atoms with Crippen molar-refractivity contribution in [2.24, 2.45) is 5.73 Å². The number of carbonyl (C=O) groups excluding carboxylic acids is 2. The third kappa shape index (κ3) is 4.11. The number of hydrogen-bond acceptors (Lipinski definition) is 3. The summed E-state index contributed by atoms with van der Waals surface area (Å²) in [4.78, 5) is 23.6. The third-order valence-electron chi connectivity index (χ3n) is 2.37. The van der Waals surface area contributed by atoms with Gasteiger partial charge in [-0.25, -0.2) is 0 Å². The summed E-state index contributed by atoms with van der Waals surface area (Å²) in [6, 6.07) is 7.26. The first-order chi connectivity index (χ1) is 7.81. The minimum Gasteiger partial charge on any atom is -0.368 e. The Morgan fingerprint density at radius 1 is 1.29 bits per heavy atom. The first-order valence-electron chi connectivity index (χ1n) is 5.20. The SMILES string of the molecule is CC(C)(NC(=O)Cc1ccc(S)cc1)C(N)=O. The Hall–Kier alpha value is -1.49. The summed E-state index contributed by atoms with van der Waals surface area (Å²) in [5.74, 6) is -0.794. The highest BCUT2D eigenvalue weighted by atomic mass is 32.1. The molecule has 0 aromatic heterocycles. The molecular weight excluding hydrogens is 236 g/mol. The van der Waals surface area contributed by atoms with Gasteiger partial charge in [0.05, 0.1) is 6.42 Å². The molecule has 0 atom stereocenters. The quantitative estimate of drug-likeness (QED) is 0.697. The van der Waals surface area contributed by atoms with Crippen LogP contribution in [0.2, 0.25) is 0 Å². The molecule has 2 amide bonds. The maximum absolute atomic E-state index is 11.7. The van der Waals surface area contributed by atoms with Gasteiger partial charge in [0.15, 0.2) is 0 Å². The van der Waals surface area contributed by atoms with Crippen LogP contribution in [0.25, 0.3) is 0 Å². The molecule has 0 fully saturated rings. The van der Waals surface area contributed by atoms with Crippen LogP contribution in [-0.2, 0) is 16.0 Å². The first-order valence-corrected chi connectivity index (χ1v) is 5.65. The normalized spacial score (nSPS) is 11.0. The van der Waals surface area contributed by atoms with Crippen molar-refractivity contribution in [2.75, 3.05) is 0 Å². The molecule has 0 aliphatic carbocycles. The molecule has 1 aromatic carbocycles. The van der Waals surface area contributed by atoms with Crippen LogP contribution in [0.3, 0.4) is 0 Å². The number of carbonyl (C=O) groups is 2. The fourth-order valence-corrected chi connectivity index (χ4v) is 1.40. The number of thiol groups is 1. The zero-order chi connectivity index (χ0) is 13.1. The molecule has 0 aliphatic rings. The average Bonchev–Trinajstić information content (AvgIpc) is 2.20. The average molecular weight is 252 g/mol. The summed E-state index contributed by atoms with van der Waals surface area (Å²) >= 11 is 4.16. The van der Waals surface area contributed by atoms with Gasteiger partial charge in [-0.1, -0.05) is 12.1 Å². The van der Waals surface area contributed by atoms with Crippen molar-refractivity contribution >= 4 is 24.4 Å². The second-order valence-corrected chi connectivity index (χ2v) is 4.90. The van der Waals surface area contributed by atoms with E-state index in [4.69, 9.17) is 5.73 Å². The number of amides is 2. The monoisotopic (exact) mass is 252 g/mol. The molecule has 4 nitrogen and oxygen atoms in total. The Kier molecular flexibility index (Phi) is 4.17. The molecular formula is C12H16N2O2S.